The third-order valence-electron chi connectivity index (χ3n) is 5.33. The number of nitrogens with one attached hydrogen (secondary N) is 1. The van der Waals surface area contributed by atoms with Crippen molar-refractivity contribution in [3.8, 4) is 0 Å². The molecule has 4 aromatic rings. The highest BCUT2D eigenvalue weighted by Crippen LogP contribution is 2.33. The van der Waals surface area contributed by atoms with Gasteiger partial charge in [-0.3, -0.25) is 9.48 Å². The van der Waals surface area contributed by atoms with Crippen LogP contribution in [0.5, 0.6) is 0 Å². The lowest BCUT2D eigenvalue weighted by Crippen LogP contribution is -2.16. The molecule has 0 aliphatic heterocycles. The highest BCUT2D eigenvalue weighted by atomic mass is 32.2. The number of amides is 1. The van der Waals surface area contributed by atoms with Gasteiger partial charge in [-0.25, -0.2) is 4.98 Å². The van der Waals surface area contributed by atoms with Gasteiger partial charge in [-0.2, -0.15) is 18.3 Å². The van der Waals surface area contributed by atoms with Crippen molar-refractivity contribution in [3.05, 3.63) is 71.0 Å². The van der Waals surface area contributed by atoms with Crippen LogP contribution in [-0.4, -0.2) is 31.0 Å². The van der Waals surface area contributed by atoms with Crippen LogP contribution in [0.2, 0.25) is 0 Å². The molecule has 0 aliphatic carbocycles. The molecule has 0 saturated carbocycles. The molecule has 0 spiro atoms. The Hall–Kier alpha value is -3.27. The number of halogens is 3. The van der Waals surface area contributed by atoms with Crippen molar-refractivity contribution in [1.82, 2.24) is 19.3 Å². The van der Waals surface area contributed by atoms with Gasteiger partial charge in [0.15, 0.2) is 5.16 Å². The van der Waals surface area contributed by atoms with Crippen molar-refractivity contribution in [2.75, 3.05) is 11.1 Å². The second kappa shape index (κ2) is 8.93. The highest BCUT2D eigenvalue weighted by Gasteiger charge is 2.31. The Labute approximate surface area is 192 Å². The highest BCUT2D eigenvalue weighted by molar-refractivity contribution is 7.99. The first-order valence-corrected chi connectivity index (χ1v) is 11.2. The summed E-state index contributed by atoms with van der Waals surface area (Å²) in [5, 5.41) is 7.63. The minimum Gasteiger partial charge on any atom is -0.322 e. The number of carbonyl (C=O) groups excluding carboxylic acids is 1. The first kappa shape index (κ1) is 22.9. The van der Waals surface area contributed by atoms with Crippen molar-refractivity contribution in [3.63, 3.8) is 0 Å². The van der Waals surface area contributed by atoms with Gasteiger partial charge in [-0.1, -0.05) is 42.1 Å². The second-order valence-electron chi connectivity index (χ2n) is 7.67. The minimum absolute atomic E-state index is 0.0536. The monoisotopic (exact) mass is 473 g/mol. The fraction of sp³-hybridized carbons (Fsp3) is 0.261. The van der Waals surface area contributed by atoms with Gasteiger partial charge >= 0.3 is 6.18 Å². The molecule has 1 N–H and O–H groups in total. The number of thioether (sulfide) groups is 1. The van der Waals surface area contributed by atoms with Crippen LogP contribution >= 0.6 is 11.8 Å². The fourth-order valence-electron chi connectivity index (χ4n) is 3.57. The SMILES string of the molecule is Cc1nn(C)c(C)c1NC(=O)CSc1nc2cc(C(F)(F)F)ccc2n1Cc1ccccc1. The molecule has 2 aromatic heterocycles. The maximum absolute atomic E-state index is 13.2. The maximum Gasteiger partial charge on any atom is 0.416 e. The third kappa shape index (κ3) is 4.90. The molecule has 2 heterocycles. The van der Waals surface area contributed by atoms with Crippen LogP contribution < -0.4 is 5.32 Å². The van der Waals surface area contributed by atoms with E-state index >= 15 is 0 Å². The Morgan fingerprint density at radius 3 is 2.48 bits per heavy atom. The lowest BCUT2D eigenvalue weighted by Gasteiger charge is -2.10. The van der Waals surface area contributed by atoms with Crippen molar-refractivity contribution in [2.24, 2.45) is 7.05 Å². The molecular weight excluding hydrogens is 451 g/mol. The molecule has 0 atom stereocenters. The number of fused-ring (bicyclic) bond motifs is 1. The van der Waals surface area contributed by atoms with Crippen LogP contribution in [0, 0.1) is 13.8 Å². The number of nitrogens with zero attached hydrogens (tertiary/aromatic N) is 4. The van der Waals surface area contributed by atoms with Crippen LogP contribution in [0.25, 0.3) is 11.0 Å². The molecule has 0 aliphatic rings. The number of benzene rings is 2. The van der Waals surface area contributed by atoms with E-state index in [0.29, 0.717) is 28.6 Å². The van der Waals surface area contributed by atoms with Crippen molar-refractivity contribution in [1.29, 1.82) is 0 Å². The largest absolute Gasteiger partial charge is 0.416 e. The number of carbonyl (C=O) groups is 1. The molecule has 172 valence electrons. The number of hydrogen-bond donors (Lipinski definition) is 1. The first-order valence-electron chi connectivity index (χ1n) is 10.2. The van der Waals surface area contributed by atoms with Gasteiger partial charge in [-0.15, -0.1) is 0 Å². The molecule has 1 amide bonds. The molecule has 0 unspecified atom stereocenters. The summed E-state index contributed by atoms with van der Waals surface area (Å²) in [5.41, 5.74) is 3.25. The average molecular weight is 474 g/mol. The van der Waals surface area contributed by atoms with Gasteiger partial charge in [0, 0.05) is 7.05 Å². The predicted molar refractivity (Wildman–Crippen MR) is 122 cm³/mol. The number of aryl methyl sites for hydroxylation is 2. The smallest absolute Gasteiger partial charge is 0.322 e. The Balaban J connectivity index is 1.62. The van der Waals surface area contributed by atoms with Gasteiger partial charge in [0.1, 0.15) is 0 Å². The van der Waals surface area contributed by atoms with Crippen molar-refractivity contribution >= 4 is 34.4 Å². The molecule has 0 saturated heterocycles. The number of hydrogen-bond acceptors (Lipinski definition) is 4. The summed E-state index contributed by atoms with van der Waals surface area (Å²) in [4.78, 5) is 17.0. The zero-order chi connectivity index (χ0) is 23.8. The number of anilines is 1. The number of alkyl halides is 3. The zero-order valence-electron chi connectivity index (χ0n) is 18.3. The van der Waals surface area contributed by atoms with Gasteiger partial charge in [0.2, 0.25) is 5.91 Å². The van der Waals surface area contributed by atoms with Gasteiger partial charge in [0.25, 0.3) is 0 Å². The van der Waals surface area contributed by atoms with E-state index in [1.54, 1.807) is 11.7 Å². The van der Waals surface area contributed by atoms with Crippen molar-refractivity contribution in [2.45, 2.75) is 31.7 Å². The van der Waals surface area contributed by atoms with E-state index in [2.05, 4.69) is 15.4 Å². The predicted octanol–water partition coefficient (Wildman–Crippen LogP) is 5.18. The molecule has 0 radical (unpaired) electrons. The van der Waals surface area contributed by atoms with Crippen LogP contribution in [0.3, 0.4) is 0 Å². The molecule has 0 bridgehead atoms. The first-order chi connectivity index (χ1) is 15.6. The molecule has 4 rings (SSSR count). The van der Waals surface area contributed by atoms with E-state index in [0.717, 1.165) is 23.4 Å². The minimum atomic E-state index is -4.45. The second-order valence-corrected chi connectivity index (χ2v) is 8.62. The normalized spacial score (nSPS) is 11.8. The molecule has 10 heteroatoms. The summed E-state index contributed by atoms with van der Waals surface area (Å²) in [6, 6.07) is 13.1. The van der Waals surface area contributed by atoms with Crippen LogP contribution in [0.15, 0.2) is 53.7 Å². The molecule has 6 nitrogen and oxygen atoms in total. The average Bonchev–Trinajstić information content (AvgIpc) is 3.23. The van der Waals surface area contributed by atoms with Gasteiger partial charge in [0.05, 0.1) is 46.0 Å². The number of imidazole rings is 1. The van der Waals surface area contributed by atoms with E-state index in [4.69, 9.17) is 0 Å². The third-order valence-corrected chi connectivity index (χ3v) is 6.31. The summed E-state index contributed by atoms with van der Waals surface area (Å²) in [5.74, 6) is -0.189. The van der Waals surface area contributed by atoms with Crippen LogP contribution in [-0.2, 0) is 24.6 Å². The van der Waals surface area contributed by atoms with Gasteiger partial charge in [-0.05, 0) is 37.6 Å². The van der Waals surface area contributed by atoms with E-state index in [-0.39, 0.29) is 17.2 Å². The standard InChI is InChI=1S/C23H22F3N5OS/c1-14-21(15(2)30(3)29-14)28-20(32)13-33-22-27-18-11-17(23(24,25)26)9-10-19(18)31(22)12-16-7-5-4-6-8-16/h4-11H,12-13H2,1-3H3,(H,28,32). The Bertz CT molecular complexity index is 1310. The summed E-state index contributed by atoms with van der Waals surface area (Å²) in [7, 11) is 1.80. The summed E-state index contributed by atoms with van der Waals surface area (Å²) in [6.45, 7) is 4.10. The Morgan fingerprint density at radius 2 is 1.85 bits per heavy atom. The van der Waals surface area contributed by atoms with E-state index in [9.17, 15) is 18.0 Å². The van der Waals surface area contributed by atoms with Crippen LogP contribution in [0.4, 0.5) is 18.9 Å². The zero-order valence-corrected chi connectivity index (χ0v) is 19.1. The molecule has 33 heavy (non-hydrogen) atoms. The van der Waals surface area contributed by atoms with E-state index in [1.807, 2.05) is 48.7 Å². The van der Waals surface area contributed by atoms with E-state index < -0.39 is 11.7 Å². The Morgan fingerprint density at radius 1 is 1.12 bits per heavy atom. The number of rotatable bonds is 6. The molecular formula is C23H22F3N5OS. The molecule has 2 aromatic carbocycles. The summed E-state index contributed by atoms with van der Waals surface area (Å²) >= 11 is 1.18. The Kier molecular flexibility index (Phi) is 6.20. The quantitative estimate of drug-likeness (QED) is 0.392. The summed E-state index contributed by atoms with van der Waals surface area (Å²) < 4.78 is 43.1. The summed E-state index contributed by atoms with van der Waals surface area (Å²) in [6.07, 6.45) is -4.45. The van der Waals surface area contributed by atoms with Crippen molar-refractivity contribution < 1.29 is 18.0 Å². The fourth-order valence-corrected chi connectivity index (χ4v) is 4.39. The lowest BCUT2D eigenvalue weighted by molar-refractivity contribution is -0.137. The van der Waals surface area contributed by atoms with Crippen LogP contribution in [0.1, 0.15) is 22.5 Å². The number of aromatic nitrogens is 4. The van der Waals surface area contributed by atoms with Gasteiger partial charge < -0.3 is 9.88 Å². The topological polar surface area (TPSA) is 64.7 Å². The molecule has 0 fully saturated rings. The maximum atomic E-state index is 13.2. The van der Waals surface area contributed by atoms with E-state index in [1.165, 1.54) is 17.8 Å². The lowest BCUT2D eigenvalue weighted by atomic mass is 10.2.